The third kappa shape index (κ3) is 3.94. The highest BCUT2D eigenvalue weighted by molar-refractivity contribution is 6.29. The first-order chi connectivity index (χ1) is 6.72. The Balaban J connectivity index is 2.31. The lowest BCUT2D eigenvalue weighted by Crippen LogP contribution is -2.12. The Bertz CT molecular complexity index is 281. The van der Waals surface area contributed by atoms with E-state index in [1.807, 2.05) is 19.1 Å². The van der Waals surface area contributed by atoms with Crippen molar-refractivity contribution in [1.82, 2.24) is 4.98 Å². The molecule has 4 heteroatoms. The molecule has 0 aliphatic heterocycles. The molecule has 0 radical (unpaired) electrons. The fraction of sp³-hybridized carbons (Fsp3) is 0.500. The second-order valence-electron chi connectivity index (χ2n) is 3.12. The third-order valence-corrected chi connectivity index (χ3v) is 2.18. The predicted molar refractivity (Wildman–Crippen MR) is 58.7 cm³/mol. The molecule has 0 amide bonds. The zero-order valence-corrected chi connectivity index (χ0v) is 8.96. The van der Waals surface area contributed by atoms with E-state index < -0.39 is 0 Å². The van der Waals surface area contributed by atoms with Gasteiger partial charge in [0.1, 0.15) is 11.0 Å². The van der Waals surface area contributed by atoms with Crippen LogP contribution in [0.25, 0.3) is 0 Å². The van der Waals surface area contributed by atoms with E-state index in [9.17, 15) is 5.11 Å². The van der Waals surface area contributed by atoms with E-state index in [-0.39, 0.29) is 6.10 Å². The van der Waals surface area contributed by atoms with Gasteiger partial charge in [0, 0.05) is 6.54 Å². The van der Waals surface area contributed by atoms with Crippen LogP contribution >= 0.6 is 11.6 Å². The Kier molecular flexibility index (Phi) is 4.70. The largest absolute Gasteiger partial charge is 0.393 e. The van der Waals surface area contributed by atoms with E-state index in [0.717, 1.165) is 18.7 Å². The van der Waals surface area contributed by atoms with Gasteiger partial charge in [0.05, 0.1) is 6.10 Å². The predicted octanol–water partition coefficient (Wildman–Crippen LogP) is 2.31. The lowest BCUT2D eigenvalue weighted by atomic mass is 10.2. The smallest absolute Gasteiger partial charge is 0.131 e. The molecule has 2 N–H and O–H groups in total. The van der Waals surface area contributed by atoms with E-state index in [0.29, 0.717) is 11.7 Å². The molecule has 3 nitrogen and oxygen atoms in total. The minimum Gasteiger partial charge on any atom is -0.393 e. The Morgan fingerprint density at radius 2 is 2.36 bits per heavy atom. The maximum atomic E-state index is 9.30. The number of pyridine rings is 1. The Labute approximate surface area is 89.1 Å². The van der Waals surface area contributed by atoms with Crippen molar-refractivity contribution in [3.05, 3.63) is 23.4 Å². The van der Waals surface area contributed by atoms with Gasteiger partial charge in [-0.3, -0.25) is 0 Å². The van der Waals surface area contributed by atoms with Gasteiger partial charge in [-0.25, -0.2) is 4.98 Å². The van der Waals surface area contributed by atoms with E-state index in [2.05, 4.69) is 10.3 Å². The summed E-state index contributed by atoms with van der Waals surface area (Å²) in [4.78, 5) is 4.07. The van der Waals surface area contributed by atoms with Crippen LogP contribution in [0.4, 0.5) is 5.82 Å². The fourth-order valence-corrected chi connectivity index (χ4v) is 1.24. The Hall–Kier alpha value is -0.800. The molecule has 1 aromatic rings. The van der Waals surface area contributed by atoms with Gasteiger partial charge in [-0.05, 0) is 25.0 Å². The van der Waals surface area contributed by atoms with E-state index in [4.69, 9.17) is 11.6 Å². The lowest BCUT2D eigenvalue weighted by molar-refractivity contribution is 0.164. The van der Waals surface area contributed by atoms with Crippen LogP contribution in [0.2, 0.25) is 5.15 Å². The van der Waals surface area contributed by atoms with Crippen LogP contribution in [-0.4, -0.2) is 22.7 Å². The summed E-state index contributed by atoms with van der Waals surface area (Å²) in [6.45, 7) is 2.67. The molecule has 1 aromatic heterocycles. The first-order valence-corrected chi connectivity index (χ1v) is 5.14. The number of nitrogens with one attached hydrogen (secondary N) is 1. The molecule has 0 saturated heterocycles. The van der Waals surface area contributed by atoms with Gasteiger partial charge < -0.3 is 10.4 Å². The number of aliphatic hydroxyl groups excluding tert-OH is 1. The zero-order chi connectivity index (χ0) is 10.4. The standard InChI is InChI=1S/C10H15ClN2O/c1-2-8(14)6-7-12-10-5-3-4-9(11)13-10/h3-5,8,14H,2,6-7H2,1H3,(H,12,13). The van der Waals surface area contributed by atoms with Crippen LogP contribution in [-0.2, 0) is 0 Å². The van der Waals surface area contributed by atoms with Gasteiger partial charge in [0.25, 0.3) is 0 Å². The first kappa shape index (κ1) is 11.3. The van der Waals surface area contributed by atoms with Crippen LogP contribution in [0, 0.1) is 0 Å². The van der Waals surface area contributed by atoms with E-state index in [1.54, 1.807) is 6.07 Å². The second-order valence-corrected chi connectivity index (χ2v) is 3.51. The maximum absolute atomic E-state index is 9.30. The molecule has 0 saturated carbocycles. The van der Waals surface area contributed by atoms with Crippen molar-refractivity contribution in [2.24, 2.45) is 0 Å². The fourth-order valence-electron chi connectivity index (χ4n) is 1.08. The number of nitrogens with zero attached hydrogens (tertiary/aromatic N) is 1. The number of halogens is 1. The van der Waals surface area contributed by atoms with Gasteiger partial charge in [-0.2, -0.15) is 0 Å². The summed E-state index contributed by atoms with van der Waals surface area (Å²) in [6.07, 6.45) is 1.27. The molecule has 1 unspecified atom stereocenters. The van der Waals surface area contributed by atoms with Crippen LogP contribution in [0.3, 0.4) is 0 Å². The molecule has 0 bridgehead atoms. The second kappa shape index (κ2) is 5.83. The van der Waals surface area contributed by atoms with Crippen LogP contribution < -0.4 is 5.32 Å². The summed E-state index contributed by atoms with van der Waals surface area (Å²) in [5, 5.41) is 12.9. The van der Waals surface area contributed by atoms with Crippen molar-refractivity contribution in [1.29, 1.82) is 0 Å². The van der Waals surface area contributed by atoms with Gasteiger partial charge in [-0.1, -0.05) is 24.6 Å². The van der Waals surface area contributed by atoms with E-state index >= 15 is 0 Å². The molecule has 0 aromatic carbocycles. The number of hydrogen-bond donors (Lipinski definition) is 2. The lowest BCUT2D eigenvalue weighted by Gasteiger charge is -2.08. The van der Waals surface area contributed by atoms with Crippen LogP contribution in [0.5, 0.6) is 0 Å². The third-order valence-electron chi connectivity index (χ3n) is 1.97. The number of rotatable bonds is 5. The van der Waals surface area contributed by atoms with Crippen molar-refractivity contribution < 1.29 is 5.11 Å². The number of aliphatic hydroxyl groups is 1. The average molecular weight is 215 g/mol. The highest BCUT2D eigenvalue weighted by Crippen LogP contribution is 2.09. The highest BCUT2D eigenvalue weighted by Gasteiger charge is 2.00. The van der Waals surface area contributed by atoms with Crippen molar-refractivity contribution in [3.63, 3.8) is 0 Å². The molecular formula is C10H15ClN2O. The molecule has 78 valence electrons. The molecule has 1 heterocycles. The minimum absolute atomic E-state index is 0.235. The summed E-state index contributed by atoms with van der Waals surface area (Å²) >= 11 is 5.71. The number of hydrogen-bond acceptors (Lipinski definition) is 3. The monoisotopic (exact) mass is 214 g/mol. The van der Waals surface area contributed by atoms with Gasteiger partial charge in [-0.15, -0.1) is 0 Å². The molecule has 0 spiro atoms. The summed E-state index contributed by atoms with van der Waals surface area (Å²) in [6, 6.07) is 5.42. The summed E-state index contributed by atoms with van der Waals surface area (Å²) in [7, 11) is 0. The summed E-state index contributed by atoms with van der Waals surface area (Å²) in [5.74, 6) is 0.751. The SMILES string of the molecule is CCC(O)CCNc1cccc(Cl)n1. The normalized spacial score (nSPS) is 12.5. The topological polar surface area (TPSA) is 45.1 Å². The molecule has 1 atom stereocenters. The van der Waals surface area contributed by atoms with Gasteiger partial charge >= 0.3 is 0 Å². The van der Waals surface area contributed by atoms with Crippen molar-refractivity contribution in [2.45, 2.75) is 25.9 Å². The van der Waals surface area contributed by atoms with Crippen LogP contribution in [0.1, 0.15) is 19.8 Å². The molecular weight excluding hydrogens is 200 g/mol. The molecule has 1 rings (SSSR count). The maximum Gasteiger partial charge on any atom is 0.131 e. The van der Waals surface area contributed by atoms with Crippen LogP contribution in [0.15, 0.2) is 18.2 Å². The van der Waals surface area contributed by atoms with Crippen molar-refractivity contribution in [2.75, 3.05) is 11.9 Å². The molecule has 0 fully saturated rings. The summed E-state index contributed by atoms with van der Waals surface area (Å²) in [5.41, 5.74) is 0. The summed E-state index contributed by atoms with van der Waals surface area (Å²) < 4.78 is 0. The molecule has 14 heavy (non-hydrogen) atoms. The Morgan fingerprint density at radius 1 is 1.57 bits per heavy atom. The molecule has 0 aliphatic rings. The highest BCUT2D eigenvalue weighted by atomic mass is 35.5. The minimum atomic E-state index is -0.235. The van der Waals surface area contributed by atoms with Gasteiger partial charge in [0.15, 0.2) is 0 Å². The van der Waals surface area contributed by atoms with E-state index in [1.165, 1.54) is 0 Å². The molecule has 0 aliphatic carbocycles. The quantitative estimate of drug-likeness (QED) is 0.740. The zero-order valence-electron chi connectivity index (χ0n) is 8.20. The van der Waals surface area contributed by atoms with Crippen molar-refractivity contribution in [3.8, 4) is 0 Å². The first-order valence-electron chi connectivity index (χ1n) is 4.77. The van der Waals surface area contributed by atoms with Crippen molar-refractivity contribution >= 4 is 17.4 Å². The van der Waals surface area contributed by atoms with Gasteiger partial charge in [0.2, 0.25) is 0 Å². The Morgan fingerprint density at radius 3 is 3.00 bits per heavy atom. The average Bonchev–Trinajstić information content (AvgIpc) is 2.17. The number of anilines is 1. The number of aromatic nitrogens is 1.